The van der Waals surface area contributed by atoms with Crippen LogP contribution in [0.4, 0.5) is 0 Å². The second kappa shape index (κ2) is 6.59. The molecule has 108 valence electrons. The smallest absolute Gasteiger partial charge is 0.119 e. The van der Waals surface area contributed by atoms with Crippen molar-refractivity contribution in [2.45, 2.75) is 12.6 Å². The Morgan fingerprint density at radius 2 is 2.05 bits per heavy atom. The Morgan fingerprint density at radius 1 is 1.25 bits per heavy atom. The van der Waals surface area contributed by atoms with Crippen LogP contribution in [0.15, 0.2) is 42.6 Å². The zero-order chi connectivity index (χ0) is 14.5. The summed E-state index contributed by atoms with van der Waals surface area (Å²) in [5.74, 6) is 0.837. The van der Waals surface area contributed by atoms with Gasteiger partial charge in [-0.25, -0.2) is 0 Å². The van der Waals surface area contributed by atoms with Crippen LogP contribution < -0.4 is 10.5 Å². The number of nitrogens with zero attached hydrogens (tertiary/aromatic N) is 2. The Labute approximate surface area is 120 Å². The van der Waals surface area contributed by atoms with Crippen LogP contribution in [0.2, 0.25) is 0 Å². The molecule has 0 bridgehead atoms. The average Bonchev–Trinajstić information content (AvgIpc) is 2.92. The summed E-state index contributed by atoms with van der Waals surface area (Å²) in [5.41, 5.74) is 8.59. The van der Waals surface area contributed by atoms with E-state index in [0.29, 0.717) is 0 Å². The van der Waals surface area contributed by atoms with E-state index in [9.17, 15) is 0 Å². The lowest BCUT2D eigenvalue weighted by Crippen LogP contribution is -2.22. The van der Waals surface area contributed by atoms with Gasteiger partial charge < -0.3 is 19.9 Å². The Bertz CT molecular complexity index is 548. The summed E-state index contributed by atoms with van der Waals surface area (Å²) >= 11 is 0. The summed E-state index contributed by atoms with van der Waals surface area (Å²) < 4.78 is 7.47. The van der Waals surface area contributed by atoms with E-state index < -0.39 is 0 Å². The van der Waals surface area contributed by atoms with Gasteiger partial charge in [0.05, 0.1) is 13.2 Å². The van der Waals surface area contributed by atoms with Gasteiger partial charge in [0.1, 0.15) is 5.75 Å². The second-order valence-corrected chi connectivity index (χ2v) is 5.18. The largest absolute Gasteiger partial charge is 0.497 e. The maximum Gasteiger partial charge on any atom is 0.119 e. The highest BCUT2D eigenvalue weighted by Crippen LogP contribution is 2.23. The molecule has 4 heteroatoms. The van der Waals surface area contributed by atoms with Gasteiger partial charge in [-0.2, -0.15) is 0 Å². The summed E-state index contributed by atoms with van der Waals surface area (Å²) in [5, 5.41) is 0. The fourth-order valence-electron chi connectivity index (χ4n) is 2.23. The number of hydrogen-bond acceptors (Lipinski definition) is 3. The molecule has 0 aliphatic carbocycles. The number of aromatic nitrogens is 1. The summed E-state index contributed by atoms with van der Waals surface area (Å²) in [6, 6.07) is 11.9. The zero-order valence-corrected chi connectivity index (χ0v) is 12.4. The van der Waals surface area contributed by atoms with E-state index in [1.165, 1.54) is 0 Å². The van der Waals surface area contributed by atoms with Crippen LogP contribution in [0, 0.1) is 0 Å². The van der Waals surface area contributed by atoms with Crippen LogP contribution >= 0.6 is 0 Å². The molecule has 1 aromatic heterocycles. The van der Waals surface area contributed by atoms with Gasteiger partial charge in [0, 0.05) is 25.0 Å². The maximum atomic E-state index is 6.40. The van der Waals surface area contributed by atoms with Crippen molar-refractivity contribution in [1.82, 2.24) is 9.47 Å². The van der Waals surface area contributed by atoms with Crippen LogP contribution in [0.25, 0.3) is 0 Å². The lowest BCUT2D eigenvalue weighted by molar-refractivity contribution is 0.380. The van der Waals surface area contributed by atoms with Crippen molar-refractivity contribution in [1.29, 1.82) is 0 Å². The van der Waals surface area contributed by atoms with Crippen molar-refractivity contribution in [3.8, 4) is 5.75 Å². The van der Waals surface area contributed by atoms with E-state index in [-0.39, 0.29) is 6.04 Å². The number of benzene rings is 1. The van der Waals surface area contributed by atoms with Gasteiger partial charge in [0.25, 0.3) is 0 Å². The van der Waals surface area contributed by atoms with Gasteiger partial charge in [-0.1, -0.05) is 12.1 Å². The molecule has 20 heavy (non-hydrogen) atoms. The molecule has 2 N–H and O–H groups in total. The molecule has 0 saturated heterocycles. The summed E-state index contributed by atoms with van der Waals surface area (Å²) in [7, 11) is 5.82. The molecule has 0 spiro atoms. The lowest BCUT2D eigenvalue weighted by atomic mass is 10.0. The molecule has 1 aromatic carbocycles. The zero-order valence-electron chi connectivity index (χ0n) is 12.4. The van der Waals surface area contributed by atoms with Gasteiger partial charge in [0.2, 0.25) is 0 Å². The lowest BCUT2D eigenvalue weighted by Gasteiger charge is -2.18. The molecular weight excluding hydrogens is 250 g/mol. The van der Waals surface area contributed by atoms with E-state index in [4.69, 9.17) is 10.5 Å². The first kappa shape index (κ1) is 14.6. The second-order valence-electron chi connectivity index (χ2n) is 5.18. The van der Waals surface area contributed by atoms with Crippen LogP contribution in [0.1, 0.15) is 17.3 Å². The van der Waals surface area contributed by atoms with E-state index in [1.54, 1.807) is 7.11 Å². The molecule has 0 amide bonds. The monoisotopic (exact) mass is 273 g/mol. The normalized spacial score (nSPS) is 12.7. The number of ether oxygens (including phenoxy) is 1. The third kappa shape index (κ3) is 3.40. The fourth-order valence-corrected chi connectivity index (χ4v) is 2.23. The molecule has 1 unspecified atom stereocenters. The van der Waals surface area contributed by atoms with Crippen LogP contribution in [0.3, 0.4) is 0 Å². The van der Waals surface area contributed by atoms with Gasteiger partial charge >= 0.3 is 0 Å². The van der Waals surface area contributed by atoms with Gasteiger partial charge in [-0.15, -0.1) is 0 Å². The van der Waals surface area contributed by atoms with Crippen molar-refractivity contribution in [3.05, 3.63) is 53.9 Å². The Hall–Kier alpha value is -1.78. The van der Waals surface area contributed by atoms with E-state index >= 15 is 0 Å². The summed E-state index contributed by atoms with van der Waals surface area (Å²) in [6.45, 7) is 1.93. The molecule has 2 rings (SSSR count). The average molecular weight is 273 g/mol. The SMILES string of the molecule is COc1cccc(C(N)c2cccn2CCN(C)C)c1. The third-order valence-electron chi connectivity index (χ3n) is 3.42. The van der Waals surface area contributed by atoms with Crippen molar-refractivity contribution < 1.29 is 4.74 Å². The molecule has 0 radical (unpaired) electrons. The minimum Gasteiger partial charge on any atom is -0.497 e. The number of methoxy groups -OCH3 is 1. The quantitative estimate of drug-likeness (QED) is 0.876. The number of likely N-dealkylation sites (N-methyl/N-ethyl adjacent to an activating group) is 1. The first-order valence-electron chi connectivity index (χ1n) is 6.81. The molecule has 1 heterocycles. The minimum atomic E-state index is -0.137. The summed E-state index contributed by atoms with van der Waals surface area (Å²) in [4.78, 5) is 2.17. The van der Waals surface area contributed by atoms with E-state index in [0.717, 1.165) is 30.1 Å². The van der Waals surface area contributed by atoms with Crippen molar-refractivity contribution >= 4 is 0 Å². The Balaban J connectivity index is 2.20. The van der Waals surface area contributed by atoms with Crippen LogP contribution in [-0.4, -0.2) is 37.2 Å². The molecule has 0 aliphatic heterocycles. The highest BCUT2D eigenvalue weighted by atomic mass is 16.5. The van der Waals surface area contributed by atoms with Gasteiger partial charge in [-0.3, -0.25) is 0 Å². The molecule has 4 nitrogen and oxygen atoms in total. The van der Waals surface area contributed by atoms with Crippen molar-refractivity contribution in [2.24, 2.45) is 5.73 Å². The van der Waals surface area contributed by atoms with Crippen molar-refractivity contribution in [3.63, 3.8) is 0 Å². The molecule has 1 atom stereocenters. The minimum absolute atomic E-state index is 0.137. The Morgan fingerprint density at radius 3 is 2.75 bits per heavy atom. The fraction of sp³-hybridized carbons (Fsp3) is 0.375. The van der Waals surface area contributed by atoms with Gasteiger partial charge in [0.15, 0.2) is 0 Å². The number of nitrogens with two attached hydrogens (primary N) is 1. The van der Waals surface area contributed by atoms with Gasteiger partial charge in [-0.05, 0) is 43.9 Å². The topological polar surface area (TPSA) is 43.4 Å². The predicted octanol–water partition coefficient (Wildman–Crippen LogP) is 2.11. The third-order valence-corrected chi connectivity index (χ3v) is 3.42. The van der Waals surface area contributed by atoms with E-state index in [1.807, 2.05) is 30.3 Å². The number of rotatable bonds is 6. The molecule has 0 saturated carbocycles. The molecular formula is C16H23N3O. The predicted molar refractivity (Wildman–Crippen MR) is 82.0 cm³/mol. The first-order valence-corrected chi connectivity index (χ1v) is 6.81. The first-order chi connectivity index (χ1) is 9.61. The Kier molecular flexibility index (Phi) is 4.82. The molecule has 2 aromatic rings. The molecule has 0 fully saturated rings. The van der Waals surface area contributed by atoms with Crippen LogP contribution in [0.5, 0.6) is 5.75 Å². The highest BCUT2D eigenvalue weighted by molar-refractivity contribution is 5.34. The van der Waals surface area contributed by atoms with E-state index in [2.05, 4.69) is 35.8 Å². The van der Waals surface area contributed by atoms with Crippen molar-refractivity contribution in [2.75, 3.05) is 27.7 Å². The van der Waals surface area contributed by atoms with Crippen LogP contribution in [-0.2, 0) is 6.54 Å². The maximum absolute atomic E-state index is 6.40. The highest BCUT2D eigenvalue weighted by Gasteiger charge is 2.13. The molecule has 0 aliphatic rings. The summed E-state index contributed by atoms with van der Waals surface area (Å²) in [6.07, 6.45) is 2.08. The number of hydrogen-bond donors (Lipinski definition) is 1. The standard InChI is InChI=1S/C16H23N3O/c1-18(2)10-11-19-9-5-8-15(19)16(17)13-6-4-7-14(12-13)20-3/h4-9,12,16H,10-11,17H2,1-3H3.